The van der Waals surface area contributed by atoms with Crippen LogP contribution in [0, 0.1) is 5.82 Å². The van der Waals surface area contributed by atoms with Crippen LogP contribution >= 0.6 is 15.9 Å². The van der Waals surface area contributed by atoms with Gasteiger partial charge in [-0.3, -0.25) is 4.79 Å². The van der Waals surface area contributed by atoms with Crippen LogP contribution < -0.4 is 0 Å². The Morgan fingerprint density at radius 1 is 1.44 bits per heavy atom. The number of carbonyl (C=O) groups is 1. The number of benzene rings is 1. The Morgan fingerprint density at radius 3 is 2.72 bits per heavy atom. The van der Waals surface area contributed by atoms with Gasteiger partial charge in [0.05, 0.1) is 0 Å². The van der Waals surface area contributed by atoms with Gasteiger partial charge in [0.1, 0.15) is 5.82 Å². The van der Waals surface area contributed by atoms with E-state index in [0.717, 1.165) is 5.56 Å². The molecule has 0 fully saturated rings. The minimum Gasteiger partial charge on any atom is -0.335 e. The second-order valence-electron chi connectivity index (χ2n) is 4.97. The number of rotatable bonds is 1. The van der Waals surface area contributed by atoms with Gasteiger partial charge >= 0.3 is 0 Å². The van der Waals surface area contributed by atoms with Gasteiger partial charge in [0, 0.05) is 23.1 Å². The first kappa shape index (κ1) is 13.5. The molecule has 0 N–H and O–H groups in total. The van der Waals surface area contributed by atoms with Crippen molar-refractivity contribution in [2.24, 2.45) is 0 Å². The Kier molecular flexibility index (Phi) is 3.45. The molecule has 1 aliphatic rings. The largest absolute Gasteiger partial charge is 0.335 e. The highest BCUT2D eigenvalue weighted by Gasteiger charge is 2.34. The van der Waals surface area contributed by atoms with E-state index in [1.54, 1.807) is 0 Å². The van der Waals surface area contributed by atoms with E-state index in [9.17, 15) is 13.6 Å². The monoisotopic (exact) mass is 317 g/mol. The Labute approximate surface area is 113 Å². The summed E-state index contributed by atoms with van der Waals surface area (Å²) in [6.07, 6.45) is 0.549. The second-order valence-corrected chi connectivity index (χ2v) is 5.89. The number of amides is 1. The van der Waals surface area contributed by atoms with E-state index in [2.05, 4.69) is 15.9 Å². The molecule has 0 spiro atoms. The zero-order chi connectivity index (χ0) is 13.5. The maximum Gasteiger partial charge on any atom is 0.259 e. The van der Waals surface area contributed by atoms with Gasteiger partial charge in [-0.15, -0.1) is 0 Å². The fraction of sp³-hybridized carbons (Fsp3) is 0.462. The van der Waals surface area contributed by atoms with Crippen LogP contribution in [0.15, 0.2) is 16.6 Å². The third-order valence-corrected chi connectivity index (χ3v) is 3.51. The van der Waals surface area contributed by atoms with E-state index in [4.69, 9.17) is 0 Å². The summed E-state index contributed by atoms with van der Waals surface area (Å²) in [5.41, 5.74) is -0.548. The van der Waals surface area contributed by atoms with Crippen LogP contribution in [0.1, 0.15) is 25.0 Å². The summed E-state index contributed by atoms with van der Waals surface area (Å²) in [6, 6.07) is 3.22. The minimum absolute atomic E-state index is 0.140. The molecule has 0 aliphatic carbocycles. The lowest BCUT2D eigenvalue weighted by Gasteiger charge is -2.32. The molecule has 2 rings (SSSR count). The molecule has 0 atom stereocenters. The first-order chi connectivity index (χ1) is 8.29. The predicted octanol–water partition coefficient (Wildman–Crippen LogP) is 3.22. The summed E-state index contributed by atoms with van der Waals surface area (Å²) < 4.78 is 28.1. The molecule has 98 valence electrons. The highest BCUT2D eigenvalue weighted by Crippen LogP contribution is 2.27. The zero-order valence-electron chi connectivity index (χ0n) is 10.3. The van der Waals surface area contributed by atoms with Gasteiger partial charge < -0.3 is 4.90 Å². The van der Waals surface area contributed by atoms with Crippen LogP contribution in [0.4, 0.5) is 8.78 Å². The molecule has 1 aliphatic heterocycles. The summed E-state index contributed by atoms with van der Waals surface area (Å²) in [4.78, 5) is 13.2. The molecule has 1 aromatic carbocycles. The van der Waals surface area contributed by atoms with Crippen molar-refractivity contribution in [2.45, 2.75) is 32.5 Å². The van der Waals surface area contributed by atoms with E-state index < -0.39 is 11.6 Å². The van der Waals surface area contributed by atoms with Crippen LogP contribution in [0.5, 0.6) is 0 Å². The van der Waals surface area contributed by atoms with Crippen molar-refractivity contribution in [1.82, 2.24) is 4.90 Å². The molecular weight excluding hydrogens is 304 g/mol. The van der Waals surface area contributed by atoms with Crippen molar-refractivity contribution in [2.75, 3.05) is 6.54 Å². The average Bonchev–Trinajstić information content (AvgIpc) is 2.26. The third kappa shape index (κ3) is 2.55. The zero-order valence-corrected chi connectivity index (χ0v) is 11.9. The molecule has 2 nitrogen and oxygen atoms in total. The summed E-state index contributed by atoms with van der Waals surface area (Å²) in [5.74, 6) is -0.941. The first-order valence-electron chi connectivity index (χ1n) is 5.74. The number of hydrogen-bond acceptors (Lipinski definition) is 1. The lowest BCUT2D eigenvalue weighted by molar-refractivity contribution is -0.142. The molecule has 0 saturated heterocycles. The predicted molar refractivity (Wildman–Crippen MR) is 68.4 cm³/mol. The van der Waals surface area contributed by atoms with E-state index in [1.807, 2.05) is 6.07 Å². The Balaban J connectivity index is 2.28. The van der Waals surface area contributed by atoms with E-state index in [1.165, 1.54) is 24.8 Å². The number of carbonyl (C=O) groups excluding carboxylic acids is 1. The van der Waals surface area contributed by atoms with Gasteiger partial charge in [-0.05, 0) is 38.0 Å². The molecule has 0 saturated carbocycles. The Morgan fingerprint density at radius 2 is 2.11 bits per heavy atom. The molecule has 1 heterocycles. The fourth-order valence-electron chi connectivity index (χ4n) is 2.13. The Hall–Kier alpha value is -0.970. The maximum atomic E-state index is 13.8. The second kappa shape index (κ2) is 4.61. The van der Waals surface area contributed by atoms with E-state index in [-0.39, 0.29) is 12.4 Å². The molecule has 0 radical (unpaired) electrons. The molecule has 5 heteroatoms. The molecule has 0 unspecified atom stereocenters. The van der Waals surface area contributed by atoms with Crippen LogP contribution in [0.3, 0.4) is 0 Å². The van der Waals surface area contributed by atoms with Gasteiger partial charge in [-0.1, -0.05) is 15.9 Å². The van der Waals surface area contributed by atoms with Gasteiger partial charge in [0.2, 0.25) is 0 Å². The van der Waals surface area contributed by atoms with Crippen molar-refractivity contribution in [3.63, 3.8) is 0 Å². The van der Waals surface area contributed by atoms with Crippen LogP contribution in [0.2, 0.25) is 0 Å². The molecular formula is C13H14BrF2NO. The normalized spacial score (nSPS) is 15.5. The van der Waals surface area contributed by atoms with Gasteiger partial charge in [0.25, 0.3) is 5.91 Å². The van der Waals surface area contributed by atoms with Crippen LogP contribution in [-0.2, 0) is 17.8 Å². The fourth-order valence-corrected chi connectivity index (χ4v) is 2.61. The highest BCUT2D eigenvalue weighted by molar-refractivity contribution is 9.10. The summed E-state index contributed by atoms with van der Waals surface area (Å²) in [7, 11) is 0. The standard InChI is InChI=1S/C13H14BrF2NO/c1-13(2,16)12(18)17-4-3-8-5-9(14)6-11(15)10(8)7-17/h5-6H,3-4,7H2,1-2H3. The minimum atomic E-state index is -1.91. The third-order valence-electron chi connectivity index (χ3n) is 3.05. The number of hydrogen-bond donors (Lipinski definition) is 0. The van der Waals surface area contributed by atoms with Gasteiger partial charge in [-0.2, -0.15) is 0 Å². The van der Waals surface area contributed by atoms with Crippen LogP contribution in [-0.4, -0.2) is 23.0 Å². The maximum absolute atomic E-state index is 13.8. The van der Waals surface area contributed by atoms with Crippen molar-refractivity contribution >= 4 is 21.8 Å². The van der Waals surface area contributed by atoms with Gasteiger partial charge in [0.15, 0.2) is 5.67 Å². The van der Waals surface area contributed by atoms with Crippen molar-refractivity contribution in [1.29, 1.82) is 0 Å². The summed E-state index contributed by atoms with van der Waals surface area (Å²) in [6.45, 7) is 3.02. The summed E-state index contributed by atoms with van der Waals surface area (Å²) >= 11 is 3.24. The number of nitrogens with zero attached hydrogens (tertiary/aromatic N) is 1. The molecule has 18 heavy (non-hydrogen) atoms. The quantitative estimate of drug-likeness (QED) is 0.778. The lowest BCUT2D eigenvalue weighted by atomic mass is 9.98. The smallest absolute Gasteiger partial charge is 0.259 e. The molecule has 0 bridgehead atoms. The Bertz CT molecular complexity index is 496. The van der Waals surface area contributed by atoms with Crippen LogP contribution in [0.25, 0.3) is 0 Å². The SMILES string of the molecule is CC(C)(F)C(=O)N1CCc2cc(Br)cc(F)c2C1. The van der Waals surface area contributed by atoms with Crippen molar-refractivity contribution < 1.29 is 13.6 Å². The molecule has 0 aromatic heterocycles. The topological polar surface area (TPSA) is 20.3 Å². The van der Waals surface area contributed by atoms with Gasteiger partial charge in [-0.25, -0.2) is 8.78 Å². The number of alkyl halides is 1. The van der Waals surface area contributed by atoms with E-state index >= 15 is 0 Å². The first-order valence-corrected chi connectivity index (χ1v) is 6.53. The number of fused-ring (bicyclic) bond motifs is 1. The lowest BCUT2D eigenvalue weighted by Crippen LogP contribution is -2.45. The van der Waals surface area contributed by atoms with E-state index in [0.29, 0.717) is 23.0 Å². The molecule has 1 amide bonds. The van der Waals surface area contributed by atoms with Crippen molar-refractivity contribution in [3.05, 3.63) is 33.5 Å². The number of halogens is 3. The molecule has 1 aromatic rings. The summed E-state index contributed by atoms with van der Waals surface area (Å²) in [5, 5.41) is 0. The average molecular weight is 318 g/mol. The van der Waals surface area contributed by atoms with Crippen molar-refractivity contribution in [3.8, 4) is 0 Å². The highest BCUT2D eigenvalue weighted by atomic mass is 79.9.